The first kappa shape index (κ1) is 18.4. The summed E-state index contributed by atoms with van der Waals surface area (Å²) in [4.78, 5) is 19.2. The molecule has 0 radical (unpaired) electrons. The maximum atomic E-state index is 14.4. The second-order valence-electron chi connectivity index (χ2n) is 8.13. The molecule has 1 atom stereocenters. The van der Waals surface area contributed by atoms with Crippen molar-refractivity contribution in [2.75, 3.05) is 6.54 Å². The van der Waals surface area contributed by atoms with Crippen molar-refractivity contribution in [1.29, 1.82) is 0 Å². The van der Waals surface area contributed by atoms with Gasteiger partial charge < -0.3 is 4.74 Å². The van der Waals surface area contributed by atoms with Crippen molar-refractivity contribution in [3.8, 4) is 0 Å². The Hall–Kier alpha value is -1.95. The molecule has 0 bridgehead atoms. The summed E-state index contributed by atoms with van der Waals surface area (Å²) in [7, 11) is 0. The highest BCUT2D eigenvalue weighted by Gasteiger charge is 2.37. The van der Waals surface area contributed by atoms with Gasteiger partial charge in [-0.3, -0.25) is 9.89 Å². The predicted octanol–water partition coefficient (Wildman–Crippen LogP) is 5.77. The van der Waals surface area contributed by atoms with Gasteiger partial charge in [0, 0.05) is 24.1 Å². The molecule has 1 amide bonds. The van der Waals surface area contributed by atoms with Crippen molar-refractivity contribution in [3.05, 3.63) is 40.1 Å². The lowest BCUT2D eigenvalue weighted by Gasteiger charge is -2.28. The Morgan fingerprint density at radius 3 is 2.74 bits per heavy atom. The number of amides is 1. The van der Waals surface area contributed by atoms with Crippen LogP contribution in [0.4, 0.5) is 14.9 Å². The summed E-state index contributed by atoms with van der Waals surface area (Å²) in [5, 5.41) is 1.48. The largest absolute Gasteiger partial charge is 0.444 e. The summed E-state index contributed by atoms with van der Waals surface area (Å²) in [6.07, 6.45) is 2.16. The first-order valence-corrected chi connectivity index (χ1v) is 10.0. The number of hydrogen-bond acceptors (Lipinski definition) is 3. The van der Waals surface area contributed by atoms with Crippen molar-refractivity contribution >= 4 is 44.2 Å². The summed E-state index contributed by atoms with van der Waals surface area (Å²) in [6.45, 7) is 6.30. The molecule has 2 heterocycles. The Morgan fingerprint density at radius 2 is 2.00 bits per heavy atom. The van der Waals surface area contributed by atoms with Gasteiger partial charge in [0.2, 0.25) is 0 Å². The highest BCUT2D eigenvalue weighted by Crippen LogP contribution is 2.38. The van der Waals surface area contributed by atoms with Crippen LogP contribution in [-0.4, -0.2) is 34.9 Å². The minimum atomic E-state index is -0.522. The van der Waals surface area contributed by atoms with E-state index in [-0.39, 0.29) is 18.0 Å². The van der Waals surface area contributed by atoms with Crippen molar-refractivity contribution in [2.45, 2.75) is 51.7 Å². The predicted molar refractivity (Wildman–Crippen MR) is 108 cm³/mol. The molecular formula is C21H22BrFN2O2. The Balaban J connectivity index is 1.63. The van der Waals surface area contributed by atoms with Gasteiger partial charge in [0.15, 0.2) is 0 Å². The normalized spacial score (nSPS) is 19.4. The van der Waals surface area contributed by atoms with Crippen LogP contribution in [-0.2, 0) is 11.2 Å². The molecule has 2 aliphatic rings. The quantitative estimate of drug-likeness (QED) is 0.573. The fourth-order valence-corrected chi connectivity index (χ4v) is 4.25. The number of hydrogen-bond donors (Lipinski definition) is 0. The van der Waals surface area contributed by atoms with Crippen LogP contribution in [0.1, 0.15) is 39.2 Å². The summed E-state index contributed by atoms with van der Waals surface area (Å²) in [6, 6.07) is 7.26. The van der Waals surface area contributed by atoms with Gasteiger partial charge in [0.05, 0.1) is 16.2 Å². The average Bonchev–Trinajstić information content (AvgIpc) is 3.22. The molecule has 4 rings (SSSR count). The van der Waals surface area contributed by atoms with Gasteiger partial charge in [-0.1, -0.05) is 6.07 Å². The second-order valence-corrected chi connectivity index (χ2v) is 8.99. The van der Waals surface area contributed by atoms with Gasteiger partial charge in [0.25, 0.3) is 0 Å². The van der Waals surface area contributed by atoms with E-state index in [4.69, 9.17) is 9.73 Å². The smallest absolute Gasteiger partial charge is 0.410 e. The highest BCUT2D eigenvalue weighted by molar-refractivity contribution is 9.10. The van der Waals surface area contributed by atoms with Crippen LogP contribution in [0.3, 0.4) is 0 Å². The number of rotatable bonds is 1. The lowest BCUT2D eigenvalue weighted by atomic mass is 9.98. The second kappa shape index (κ2) is 6.59. The summed E-state index contributed by atoms with van der Waals surface area (Å²) in [5.74, 6) is -0.250. The van der Waals surface area contributed by atoms with Crippen LogP contribution in [0.25, 0.3) is 10.8 Å². The molecule has 142 valence electrons. The first-order valence-electron chi connectivity index (χ1n) is 9.21. The maximum Gasteiger partial charge on any atom is 0.410 e. The molecule has 2 aromatic carbocycles. The zero-order chi connectivity index (χ0) is 19.3. The van der Waals surface area contributed by atoms with Crippen LogP contribution in [0.15, 0.2) is 33.7 Å². The number of fused-ring (bicyclic) bond motifs is 3. The van der Waals surface area contributed by atoms with E-state index in [9.17, 15) is 9.18 Å². The van der Waals surface area contributed by atoms with Crippen molar-refractivity contribution in [2.24, 2.45) is 4.99 Å². The molecule has 0 unspecified atom stereocenters. The Bertz CT molecular complexity index is 965. The van der Waals surface area contributed by atoms with E-state index in [1.165, 1.54) is 0 Å². The molecule has 27 heavy (non-hydrogen) atoms. The molecular weight excluding hydrogens is 411 g/mol. The van der Waals surface area contributed by atoms with E-state index >= 15 is 0 Å². The third-order valence-corrected chi connectivity index (χ3v) is 5.67. The van der Waals surface area contributed by atoms with E-state index in [1.54, 1.807) is 17.0 Å². The molecule has 0 aliphatic carbocycles. The number of ether oxygens (including phenoxy) is 1. The summed E-state index contributed by atoms with van der Waals surface area (Å²) < 4.78 is 20.5. The fourth-order valence-electron chi connectivity index (χ4n) is 3.90. The first-order chi connectivity index (χ1) is 12.7. The Kier molecular flexibility index (Phi) is 4.49. The van der Waals surface area contributed by atoms with Crippen LogP contribution in [0.2, 0.25) is 0 Å². The number of carbonyl (C=O) groups excluding carboxylic acids is 1. The maximum absolute atomic E-state index is 14.4. The average molecular weight is 433 g/mol. The van der Waals surface area contributed by atoms with Crippen LogP contribution >= 0.6 is 15.9 Å². The van der Waals surface area contributed by atoms with Gasteiger partial charge in [-0.25, -0.2) is 9.18 Å². The lowest BCUT2D eigenvalue weighted by molar-refractivity contribution is 0.0265. The van der Waals surface area contributed by atoms with E-state index in [1.807, 2.05) is 32.9 Å². The summed E-state index contributed by atoms with van der Waals surface area (Å²) >= 11 is 3.25. The molecule has 2 aromatic rings. The molecule has 0 aromatic heterocycles. The molecule has 0 N–H and O–H groups in total. The van der Waals surface area contributed by atoms with Gasteiger partial charge in [0.1, 0.15) is 11.4 Å². The van der Waals surface area contributed by atoms with E-state index in [0.717, 1.165) is 35.2 Å². The number of aliphatic imine (C=N–C) groups is 1. The number of likely N-dealkylation sites (tertiary alicyclic amines) is 1. The van der Waals surface area contributed by atoms with Crippen LogP contribution in [0.5, 0.6) is 0 Å². The molecule has 0 saturated carbocycles. The van der Waals surface area contributed by atoms with Crippen LogP contribution in [0, 0.1) is 5.82 Å². The molecule has 4 nitrogen and oxygen atoms in total. The van der Waals surface area contributed by atoms with E-state index in [2.05, 4.69) is 15.9 Å². The number of benzene rings is 2. The molecule has 2 aliphatic heterocycles. The summed E-state index contributed by atoms with van der Waals surface area (Å²) in [5.41, 5.74) is 2.34. The monoisotopic (exact) mass is 432 g/mol. The number of carbonyl (C=O) groups is 1. The van der Waals surface area contributed by atoms with Gasteiger partial charge in [-0.2, -0.15) is 0 Å². The Labute approximate surface area is 166 Å². The van der Waals surface area contributed by atoms with E-state index in [0.29, 0.717) is 22.8 Å². The van der Waals surface area contributed by atoms with E-state index < -0.39 is 5.60 Å². The van der Waals surface area contributed by atoms with Gasteiger partial charge >= 0.3 is 6.09 Å². The van der Waals surface area contributed by atoms with Crippen LogP contribution < -0.4 is 0 Å². The van der Waals surface area contributed by atoms with Crippen molar-refractivity contribution in [1.82, 2.24) is 4.90 Å². The SMILES string of the molecule is CC(C)(C)OC(=O)N1CCC[C@H]1C1=Nc2ccc3c(F)c(Br)ccc3c2C1. The third kappa shape index (κ3) is 3.35. The lowest BCUT2D eigenvalue weighted by Crippen LogP contribution is -2.43. The molecule has 1 fully saturated rings. The van der Waals surface area contributed by atoms with Gasteiger partial charge in [-0.15, -0.1) is 0 Å². The molecule has 0 spiro atoms. The zero-order valence-corrected chi connectivity index (χ0v) is 17.3. The third-order valence-electron chi connectivity index (χ3n) is 5.06. The minimum Gasteiger partial charge on any atom is -0.444 e. The molecule has 6 heteroatoms. The van der Waals surface area contributed by atoms with Crippen molar-refractivity contribution in [3.63, 3.8) is 0 Å². The zero-order valence-electron chi connectivity index (χ0n) is 15.7. The minimum absolute atomic E-state index is 0.0532. The topological polar surface area (TPSA) is 41.9 Å². The number of nitrogens with zero attached hydrogens (tertiary/aromatic N) is 2. The fraction of sp³-hybridized carbons (Fsp3) is 0.429. The standard InChI is InChI=1S/C21H22BrFN2O2/c1-21(2,3)27-20(26)25-10-4-5-18(25)17-11-14-12-6-8-15(22)19(23)13(12)7-9-16(14)24-17/h6-9,18H,4-5,10-11H2,1-3H3/t18-/m0/s1. The van der Waals surface area contributed by atoms with Gasteiger partial charge in [-0.05, 0) is 78.7 Å². The highest BCUT2D eigenvalue weighted by atomic mass is 79.9. The van der Waals surface area contributed by atoms with Crippen molar-refractivity contribution < 1.29 is 13.9 Å². The molecule has 1 saturated heterocycles. The Morgan fingerprint density at radius 1 is 1.26 bits per heavy atom. The number of halogens is 2.